The quantitative estimate of drug-likeness (QED) is 0.00884. The highest BCUT2D eigenvalue weighted by Gasteiger charge is 2.72. The van der Waals surface area contributed by atoms with Crippen molar-refractivity contribution in [3.05, 3.63) is 0 Å². The number of likely N-dealkylation sites (tertiary alicyclic amines) is 1. The second-order valence-corrected chi connectivity index (χ2v) is 24.4. The zero-order valence-corrected chi connectivity index (χ0v) is 54.0. The molecule has 3 heterocycles. The Balaban J connectivity index is 0.877. The van der Waals surface area contributed by atoms with Crippen LogP contribution in [0.1, 0.15) is 19.3 Å². The number of nitrogens with one attached hydrogen (secondary N) is 4. The van der Waals surface area contributed by atoms with Gasteiger partial charge in [0, 0.05) is 57.8 Å². The van der Waals surface area contributed by atoms with Crippen LogP contribution in [0.15, 0.2) is 0 Å². The van der Waals surface area contributed by atoms with E-state index in [1.807, 2.05) is 0 Å². The average molecular weight is 1400 g/mol. The van der Waals surface area contributed by atoms with Gasteiger partial charge in [0.2, 0.25) is 35.4 Å². The Bertz CT molecular complexity index is 2300. The monoisotopic (exact) mass is 1400 g/mol. The number of nitrogens with zero attached hydrogens (tertiary/aromatic N) is 1. The zero-order chi connectivity index (χ0) is 68.7. The van der Waals surface area contributed by atoms with Gasteiger partial charge >= 0.3 is 15.6 Å². The number of aliphatic hydroxyl groups is 6. The van der Waals surface area contributed by atoms with Crippen molar-refractivity contribution in [3.63, 3.8) is 0 Å². The smallest absolute Gasteiger partial charge is 0.390 e. The van der Waals surface area contributed by atoms with E-state index in [9.17, 15) is 68.5 Å². The van der Waals surface area contributed by atoms with E-state index in [1.54, 1.807) is 7.85 Å². The summed E-state index contributed by atoms with van der Waals surface area (Å²) in [5.74, 6) is -13.9. The van der Waals surface area contributed by atoms with E-state index in [4.69, 9.17) is 85.9 Å². The molecule has 3 saturated heterocycles. The number of ether oxygens (including phenoxy) is 14. The number of hydrogen-bond acceptors (Lipinski definition) is 30. The van der Waals surface area contributed by atoms with Gasteiger partial charge in [-0.2, -0.15) is 0 Å². The van der Waals surface area contributed by atoms with Crippen LogP contribution < -0.4 is 21.3 Å². The van der Waals surface area contributed by atoms with Crippen molar-refractivity contribution in [3.8, 4) is 0 Å². The number of phosphoric ester groups is 2. The summed E-state index contributed by atoms with van der Waals surface area (Å²) in [5.41, 5.74) is 0. The van der Waals surface area contributed by atoms with Crippen molar-refractivity contribution in [1.82, 2.24) is 26.2 Å². The molecular formula is C52H92BN5O34P2. The second kappa shape index (κ2) is 41.8. The third-order valence-electron chi connectivity index (χ3n) is 15.2. The zero-order valence-electron chi connectivity index (χ0n) is 52.2. The van der Waals surface area contributed by atoms with E-state index in [0.29, 0.717) is 0 Å². The van der Waals surface area contributed by atoms with E-state index in [0.717, 1.165) is 4.90 Å². The van der Waals surface area contributed by atoms with Gasteiger partial charge in [-0.05, 0) is 0 Å². The van der Waals surface area contributed by atoms with Crippen LogP contribution >= 0.6 is 15.6 Å². The summed E-state index contributed by atoms with van der Waals surface area (Å²) in [7, 11) is -8.16. The molecule has 6 amide bonds. The minimum absolute atomic E-state index is 0.0133. The molecule has 0 aromatic heterocycles. The first-order chi connectivity index (χ1) is 44.8. The van der Waals surface area contributed by atoms with E-state index in [2.05, 4.69) is 30.3 Å². The third kappa shape index (κ3) is 27.0. The van der Waals surface area contributed by atoms with Gasteiger partial charge in [-0.25, -0.2) is 9.13 Å². The summed E-state index contributed by atoms with van der Waals surface area (Å²) < 4.78 is 107. The molecule has 94 heavy (non-hydrogen) atoms. The van der Waals surface area contributed by atoms with Gasteiger partial charge < -0.3 is 138 Å². The highest BCUT2D eigenvalue weighted by atomic mass is 31.2. The number of imide groups is 1. The van der Waals surface area contributed by atoms with Crippen LogP contribution in [0.25, 0.3) is 0 Å². The highest BCUT2D eigenvalue weighted by molar-refractivity contribution is 7.46. The van der Waals surface area contributed by atoms with Gasteiger partial charge in [-0.1, -0.05) is 0 Å². The first kappa shape index (κ1) is 81.2. The van der Waals surface area contributed by atoms with E-state index in [-0.39, 0.29) is 214 Å². The van der Waals surface area contributed by atoms with Crippen molar-refractivity contribution >= 4 is 58.9 Å². The van der Waals surface area contributed by atoms with Gasteiger partial charge in [0.15, 0.2) is 24.2 Å². The molecule has 2 aliphatic carbocycles. The normalized spacial score (nSPS) is 27.6. The molecule has 0 bridgehead atoms. The Kier molecular flexibility index (Phi) is 36.1. The Labute approximate surface area is 541 Å². The lowest BCUT2D eigenvalue weighted by Crippen LogP contribution is -2.64. The lowest BCUT2D eigenvalue weighted by molar-refractivity contribution is -0.439. The maximum atomic E-state index is 13.3. The lowest BCUT2D eigenvalue weighted by Gasteiger charge is -2.49. The van der Waals surface area contributed by atoms with E-state index >= 15 is 0 Å². The first-order valence-corrected chi connectivity index (χ1v) is 33.7. The molecule has 39 nitrogen and oxygen atoms in total. The summed E-state index contributed by atoms with van der Waals surface area (Å²) in [6.07, 6.45) is -8.80. The molecule has 0 aromatic carbocycles. The van der Waals surface area contributed by atoms with Crippen LogP contribution in [0.2, 0.25) is 5.82 Å². The van der Waals surface area contributed by atoms with Crippen LogP contribution in [-0.4, -0.2) is 338 Å². The fraction of sp³-hybridized carbons (Fsp3) is 0.885. The van der Waals surface area contributed by atoms with Gasteiger partial charge in [0.25, 0.3) is 0 Å². The molecule has 0 radical (unpaired) electrons. The maximum Gasteiger partial charge on any atom is 0.469 e. The van der Waals surface area contributed by atoms with Crippen molar-refractivity contribution in [2.75, 3.05) is 191 Å². The van der Waals surface area contributed by atoms with Crippen LogP contribution in [0, 0.1) is 29.6 Å². The molecule has 13 atom stereocenters. The van der Waals surface area contributed by atoms with Gasteiger partial charge in [0.05, 0.1) is 207 Å². The summed E-state index contributed by atoms with van der Waals surface area (Å²) in [6.45, 7) is 1.94. The predicted octanol–water partition coefficient (Wildman–Crippen LogP) is -8.53. The van der Waals surface area contributed by atoms with Gasteiger partial charge in [0.1, 0.15) is 13.8 Å². The average Bonchev–Trinajstić information content (AvgIpc) is 1.55. The Morgan fingerprint density at radius 2 is 0.819 bits per heavy atom. The lowest BCUT2D eigenvalue weighted by atomic mass is 9.86. The Hall–Kier alpha value is -3.50. The first-order valence-electron chi connectivity index (χ1n) is 30.7. The van der Waals surface area contributed by atoms with Gasteiger partial charge in [-0.15, -0.1) is 0 Å². The van der Waals surface area contributed by atoms with E-state index < -0.39 is 131 Å². The number of rotatable bonds is 54. The van der Waals surface area contributed by atoms with Crippen LogP contribution in [0.5, 0.6) is 0 Å². The molecular weight excluding hydrogens is 1310 g/mol. The summed E-state index contributed by atoms with van der Waals surface area (Å²) in [4.78, 5) is 112. The number of fused-ring (bicyclic) bond motifs is 2. The second-order valence-electron chi connectivity index (χ2n) is 21.9. The molecule has 542 valence electrons. The number of phosphoric acid groups is 2. The molecule has 0 aromatic rings. The summed E-state index contributed by atoms with van der Waals surface area (Å²) in [6, 6.07) is 0. The van der Waals surface area contributed by atoms with E-state index in [1.165, 1.54) is 0 Å². The number of amides is 6. The summed E-state index contributed by atoms with van der Waals surface area (Å²) in [5, 5.41) is 73.3. The molecule has 14 N–H and O–H groups in total. The number of carbonyl (C=O) groups excluding carboxylic acids is 6. The highest BCUT2D eigenvalue weighted by Crippen LogP contribution is 2.55. The molecule has 5 rings (SSSR count). The third-order valence-corrected chi connectivity index (χ3v) is 16.2. The van der Waals surface area contributed by atoms with Crippen LogP contribution in [0.3, 0.4) is 0 Å². The minimum Gasteiger partial charge on any atom is -0.390 e. The Morgan fingerprint density at radius 1 is 0.500 bits per heavy atom. The predicted molar refractivity (Wildman–Crippen MR) is 312 cm³/mol. The number of hydrogen-bond donors (Lipinski definition) is 14. The number of carbonyl (C=O) groups is 6. The maximum absolute atomic E-state index is 13.3. The van der Waals surface area contributed by atoms with Gasteiger partial charge in [-0.3, -0.25) is 42.7 Å². The van der Waals surface area contributed by atoms with Crippen molar-refractivity contribution in [2.45, 2.75) is 73.6 Å². The fourth-order valence-corrected chi connectivity index (χ4v) is 11.1. The summed E-state index contributed by atoms with van der Waals surface area (Å²) >= 11 is 0. The fourth-order valence-electron chi connectivity index (χ4n) is 10.4. The molecule has 0 spiro atoms. The van der Waals surface area contributed by atoms with Crippen LogP contribution in [0.4, 0.5) is 0 Å². The van der Waals surface area contributed by atoms with Crippen molar-refractivity contribution < 1.29 is 163 Å². The molecule has 2 saturated carbocycles. The molecule has 5 fully saturated rings. The molecule has 3 aliphatic heterocycles. The standard InChI is InChI=1S/C52H92BN5O34P2/c53-36-30-39(61)58(48(36)68)6-1-37(59)54-2-7-77-11-15-81-19-20-82-16-12-78-8-3-55-38(60)29-33(46(66)56-4-9-79-13-17-83-21-23-85-25-27-87-49-40-44(64)42(62)34(51(40,69)91-49)31-89-93(71,72)73)47(67)57-5-10-80-14-18-84-22-24-86-26-28-88-50-41-45(65)43(63)35(52(41,70)92-50)32-90-94(74,75)76/h33-36,40-45,49-50,62-65,69-70H,1-32,53H2,(H,54,59)(H,55,60)(H,56,66)(H,57,67)(H2,71,72,73)(H2,74,75,76). The largest absolute Gasteiger partial charge is 0.469 e. The topological polar surface area (TPSA) is 538 Å². The molecule has 13 unspecified atom stereocenters. The number of aliphatic hydroxyl groups excluding tert-OH is 4. The van der Waals surface area contributed by atoms with Crippen LogP contribution in [-0.2, 0) is 113 Å². The molecule has 5 aliphatic rings. The Morgan fingerprint density at radius 3 is 1.15 bits per heavy atom. The van der Waals surface area contributed by atoms with Crippen molar-refractivity contribution in [1.29, 1.82) is 0 Å². The minimum atomic E-state index is -4.92. The molecule has 42 heteroatoms. The SMILES string of the molecule is BC1CC(=O)N(CCC(=O)NCCOCCOCCOCCOCCNC(=O)CC(C(=O)NCCOCCOCCOCCOC2OC3(O)C(COP(=O)(O)O)C(O)C(O)C23)C(=O)NCCOCCOCCOCCOC2OC3(O)C(COP(=O)(O)O)C(O)C(O)C23)C1=O. The van der Waals surface area contributed by atoms with Crippen molar-refractivity contribution in [2.24, 2.45) is 29.6 Å².